The number of ether oxygens (including phenoxy) is 2. The first-order valence-electron chi connectivity index (χ1n) is 4.89. The number of carbonyl (C=O) groups excluding carboxylic acids is 1. The van der Waals surface area contributed by atoms with Crippen LogP contribution in [0.1, 0.15) is 19.4 Å². The van der Waals surface area contributed by atoms with Gasteiger partial charge < -0.3 is 13.9 Å². The molecular weight excluding hydrogens is 196 g/mol. The number of furan rings is 2. The third-order valence-corrected chi connectivity index (χ3v) is 2.49. The fraction of sp³-hybridized carbons (Fsp3) is 0.364. The summed E-state index contributed by atoms with van der Waals surface area (Å²) in [6.45, 7) is 4.09. The van der Waals surface area contributed by atoms with Crippen LogP contribution in [0.4, 0.5) is 0 Å². The summed E-state index contributed by atoms with van der Waals surface area (Å²) in [4.78, 5) is 11.4. The molecule has 0 fully saturated rings. The molecule has 3 heterocycles. The zero-order chi connectivity index (χ0) is 10.6. The van der Waals surface area contributed by atoms with Crippen molar-refractivity contribution in [2.45, 2.75) is 20.5 Å². The van der Waals surface area contributed by atoms with Crippen molar-refractivity contribution in [3.05, 3.63) is 11.6 Å². The van der Waals surface area contributed by atoms with Crippen LogP contribution in [-0.4, -0.2) is 5.97 Å². The van der Waals surface area contributed by atoms with Crippen molar-refractivity contribution >= 4 is 17.1 Å². The Hall–Kier alpha value is -1.71. The lowest BCUT2D eigenvalue weighted by molar-refractivity contribution is -0.137. The summed E-state index contributed by atoms with van der Waals surface area (Å²) in [5, 5.41) is 0. The van der Waals surface area contributed by atoms with Crippen LogP contribution in [0.25, 0.3) is 11.2 Å². The van der Waals surface area contributed by atoms with E-state index in [4.69, 9.17) is 13.9 Å². The van der Waals surface area contributed by atoms with E-state index >= 15 is 0 Å². The van der Waals surface area contributed by atoms with Gasteiger partial charge in [0, 0.05) is 5.56 Å². The van der Waals surface area contributed by atoms with Gasteiger partial charge in [0.1, 0.15) is 6.61 Å². The average molecular weight is 206 g/mol. The second kappa shape index (κ2) is 2.66. The van der Waals surface area contributed by atoms with Crippen molar-refractivity contribution in [2.24, 2.45) is 5.92 Å². The molecule has 0 spiro atoms. The summed E-state index contributed by atoms with van der Waals surface area (Å²) in [5.74, 6) is 0.585. The minimum atomic E-state index is -0.271. The predicted molar refractivity (Wildman–Crippen MR) is 52.2 cm³/mol. The third-order valence-electron chi connectivity index (χ3n) is 2.49. The number of fused-ring (bicyclic) bond motifs is 1. The average Bonchev–Trinajstić information content (AvgIpc) is 2.76. The molecule has 4 nitrogen and oxygen atoms in total. The van der Waals surface area contributed by atoms with E-state index in [-0.39, 0.29) is 11.9 Å². The van der Waals surface area contributed by atoms with Crippen LogP contribution in [0.15, 0.2) is 10.5 Å². The smallest absolute Gasteiger partial charge is 0.314 e. The molecule has 0 radical (unpaired) electrons. The fourth-order valence-electron chi connectivity index (χ4n) is 1.65. The highest BCUT2D eigenvalue weighted by molar-refractivity contribution is 5.88. The topological polar surface area (TPSA) is 48.7 Å². The Morgan fingerprint density at radius 1 is 1.53 bits per heavy atom. The van der Waals surface area contributed by atoms with E-state index in [2.05, 4.69) is 0 Å². The van der Waals surface area contributed by atoms with E-state index in [9.17, 15) is 4.79 Å². The zero-order valence-electron chi connectivity index (χ0n) is 8.49. The number of rotatable bonds is 2. The van der Waals surface area contributed by atoms with Gasteiger partial charge >= 0.3 is 5.97 Å². The molecule has 15 heavy (non-hydrogen) atoms. The van der Waals surface area contributed by atoms with Crippen LogP contribution in [-0.2, 0) is 11.4 Å². The second-order valence-corrected chi connectivity index (χ2v) is 3.99. The molecule has 4 heteroatoms. The first kappa shape index (κ1) is 8.59. The fourth-order valence-corrected chi connectivity index (χ4v) is 1.65. The standard InChI is InChI=1S/C11H10O4/c1-5(2)11(12)15-9-7-3-6-4-13-10(9)8(6)14-7/h3,5H,4H2,1-2H3. The van der Waals surface area contributed by atoms with Gasteiger partial charge in [0.2, 0.25) is 11.5 Å². The van der Waals surface area contributed by atoms with Crippen molar-refractivity contribution in [2.75, 3.05) is 0 Å². The summed E-state index contributed by atoms with van der Waals surface area (Å²) < 4.78 is 16.0. The van der Waals surface area contributed by atoms with Crippen molar-refractivity contribution in [1.82, 2.24) is 0 Å². The molecule has 3 rings (SSSR count). The molecule has 78 valence electrons. The van der Waals surface area contributed by atoms with Crippen LogP contribution in [0.3, 0.4) is 0 Å². The van der Waals surface area contributed by atoms with Crippen molar-refractivity contribution < 1.29 is 18.7 Å². The maximum absolute atomic E-state index is 11.4. The van der Waals surface area contributed by atoms with Gasteiger partial charge in [0.05, 0.1) is 5.92 Å². The lowest BCUT2D eigenvalue weighted by Gasteiger charge is -2.05. The Morgan fingerprint density at radius 3 is 3.07 bits per heavy atom. The maximum Gasteiger partial charge on any atom is 0.314 e. The third kappa shape index (κ3) is 1.04. The summed E-state index contributed by atoms with van der Waals surface area (Å²) >= 11 is 0. The van der Waals surface area contributed by atoms with Crippen LogP contribution in [0.5, 0.6) is 11.5 Å². The molecule has 0 N–H and O–H groups in total. The van der Waals surface area contributed by atoms with Gasteiger partial charge in [-0.3, -0.25) is 4.79 Å². The van der Waals surface area contributed by atoms with Crippen LogP contribution in [0, 0.1) is 5.92 Å². The summed E-state index contributed by atoms with van der Waals surface area (Å²) in [6.07, 6.45) is 0. The number of esters is 1. The van der Waals surface area contributed by atoms with E-state index in [1.807, 2.05) is 6.07 Å². The van der Waals surface area contributed by atoms with Gasteiger partial charge in [0.25, 0.3) is 0 Å². The Kier molecular flexibility index (Phi) is 1.52. The van der Waals surface area contributed by atoms with Gasteiger partial charge in [-0.05, 0) is 6.07 Å². The molecular formula is C11H10O4. The van der Waals surface area contributed by atoms with Crippen molar-refractivity contribution in [3.8, 4) is 11.5 Å². The van der Waals surface area contributed by atoms with Crippen LogP contribution >= 0.6 is 0 Å². The lowest BCUT2D eigenvalue weighted by atomic mass is 10.2. The molecule has 0 saturated heterocycles. The molecule has 2 aromatic rings. The monoisotopic (exact) mass is 206 g/mol. The van der Waals surface area contributed by atoms with E-state index < -0.39 is 0 Å². The Morgan fingerprint density at radius 2 is 2.33 bits per heavy atom. The van der Waals surface area contributed by atoms with Crippen molar-refractivity contribution in [3.63, 3.8) is 0 Å². The molecule has 2 aromatic heterocycles. The predicted octanol–water partition coefficient (Wildman–Crippen LogP) is 2.32. The van der Waals surface area contributed by atoms with E-state index in [1.165, 1.54) is 0 Å². The highest BCUT2D eigenvalue weighted by Crippen LogP contribution is 2.49. The Labute approximate surface area is 86.1 Å². The molecule has 0 saturated carbocycles. The number of hydrogen-bond acceptors (Lipinski definition) is 4. The Bertz CT molecular complexity index is 523. The molecule has 0 aliphatic carbocycles. The van der Waals surface area contributed by atoms with Crippen LogP contribution in [0.2, 0.25) is 0 Å². The van der Waals surface area contributed by atoms with Crippen molar-refractivity contribution in [1.29, 1.82) is 0 Å². The molecule has 0 unspecified atom stereocenters. The largest absolute Gasteiger partial charge is 0.481 e. The van der Waals surface area contributed by atoms with Gasteiger partial charge in [-0.1, -0.05) is 13.8 Å². The van der Waals surface area contributed by atoms with E-state index in [1.54, 1.807) is 13.8 Å². The first-order valence-corrected chi connectivity index (χ1v) is 4.89. The van der Waals surface area contributed by atoms with Gasteiger partial charge in [0.15, 0.2) is 11.2 Å². The van der Waals surface area contributed by atoms with Gasteiger partial charge in [-0.2, -0.15) is 0 Å². The van der Waals surface area contributed by atoms with Gasteiger partial charge in [-0.25, -0.2) is 0 Å². The minimum Gasteiger partial charge on any atom is -0.481 e. The normalized spacial score (nSPS) is 13.8. The highest BCUT2D eigenvalue weighted by Gasteiger charge is 2.31. The maximum atomic E-state index is 11.4. The van der Waals surface area contributed by atoms with Gasteiger partial charge in [-0.15, -0.1) is 0 Å². The lowest BCUT2D eigenvalue weighted by Crippen LogP contribution is -2.14. The highest BCUT2D eigenvalue weighted by atomic mass is 16.6. The first-order chi connectivity index (χ1) is 7.16. The SMILES string of the molecule is CC(C)C(=O)Oc1c2c3oc1cc3CO2. The van der Waals surface area contributed by atoms with Crippen LogP contribution < -0.4 is 9.47 Å². The zero-order valence-corrected chi connectivity index (χ0v) is 8.49. The minimum absolute atomic E-state index is 0.160. The molecule has 0 atom stereocenters. The second-order valence-electron chi connectivity index (χ2n) is 3.99. The van der Waals surface area contributed by atoms with E-state index in [0.717, 1.165) is 11.1 Å². The number of carbonyl (C=O) groups is 1. The molecule has 1 aliphatic heterocycles. The quantitative estimate of drug-likeness (QED) is 0.559. The number of hydrogen-bond donors (Lipinski definition) is 0. The Balaban J connectivity index is 1.99. The summed E-state index contributed by atoms with van der Waals surface area (Å²) in [7, 11) is 0. The number of benzene rings is 1. The molecule has 0 aromatic carbocycles. The summed E-state index contributed by atoms with van der Waals surface area (Å²) in [6, 6.07) is 1.86. The molecule has 2 bridgehead atoms. The van der Waals surface area contributed by atoms with E-state index in [0.29, 0.717) is 23.7 Å². The molecule has 1 aliphatic rings. The summed E-state index contributed by atoms with van der Waals surface area (Å²) in [5.41, 5.74) is 2.35. The molecule has 0 amide bonds.